The van der Waals surface area contributed by atoms with E-state index >= 15 is 0 Å². The van der Waals surface area contributed by atoms with Gasteiger partial charge in [0.1, 0.15) is 0 Å². The van der Waals surface area contributed by atoms with E-state index in [0.29, 0.717) is 13.1 Å². The van der Waals surface area contributed by atoms with Crippen LogP contribution in [-0.2, 0) is 17.8 Å². The molecule has 1 aromatic rings. The van der Waals surface area contributed by atoms with E-state index in [2.05, 4.69) is 47.7 Å². The van der Waals surface area contributed by atoms with Gasteiger partial charge < -0.3 is 20.4 Å². The monoisotopic (exact) mass is 527 g/mol. The lowest BCUT2D eigenvalue weighted by molar-refractivity contribution is -0.138. The first-order valence-electron chi connectivity index (χ1n) is 11.0. The number of carbonyl (C=O) groups is 1. The van der Waals surface area contributed by atoms with Gasteiger partial charge in [-0.15, -0.1) is 24.0 Å². The second-order valence-electron chi connectivity index (χ2n) is 8.72. The quantitative estimate of drug-likeness (QED) is 0.339. The Morgan fingerprint density at radius 3 is 2.60 bits per heavy atom. The summed E-state index contributed by atoms with van der Waals surface area (Å²) < 4.78 is 0. The van der Waals surface area contributed by atoms with Gasteiger partial charge in [-0.25, -0.2) is 4.99 Å². The van der Waals surface area contributed by atoms with Gasteiger partial charge >= 0.3 is 0 Å². The van der Waals surface area contributed by atoms with E-state index in [1.165, 1.54) is 23.2 Å². The molecule has 1 aromatic carbocycles. The third-order valence-electron chi connectivity index (χ3n) is 6.27. The van der Waals surface area contributed by atoms with Crippen molar-refractivity contribution in [1.29, 1.82) is 0 Å². The molecule has 1 amide bonds. The molecule has 2 N–H and O–H groups in total. The number of aryl methyl sites for hydroxylation is 1. The normalized spacial score (nSPS) is 17.7. The van der Waals surface area contributed by atoms with Crippen molar-refractivity contribution in [3.05, 3.63) is 29.3 Å². The third-order valence-corrected chi connectivity index (χ3v) is 6.27. The van der Waals surface area contributed by atoms with E-state index in [9.17, 15) is 4.79 Å². The van der Waals surface area contributed by atoms with Crippen LogP contribution in [0.3, 0.4) is 0 Å². The fourth-order valence-electron chi connectivity index (χ4n) is 4.69. The number of rotatable bonds is 6. The molecule has 0 unspecified atom stereocenters. The average Bonchev–Trinajstić information content (AvgIpc) is 3.19. The lowest BCUT2D eigenvalue weighted by atomic mass is 9.84. The number of aliphatic imine (C=N–C) groups is 1. The molecular formula is C23H38IN5O. The van der Waals surface area contributed by atoms with E-state index in [-0.39, 0.29) is 35.3 Å². The zero-order valence-electron chi connectivity index (χ0n) is 19.0. The molecule has 1 aliphatic heterocycles. The van der Waals surface area contributed by atoms with Crippen LogP contribution in [0.1, 0.15) is 50.2 Å². The molecule has 0 radical (unpaired) electrons. The fourth-order valence-corrected chi connectivity index (χ4v) is 4.69. The van der Waals surface area contributed by atoms with Crippen molar-refractivity contribution in [2.24, 2.45) is 10.4 Å². The van der Waals surface area contributed by atoms with Gasteiger partial charge in [0.2, 0.25) is 5.91 Å². The van der Waals surface area contributed by atoms with E-state index in [1.807, 2.05) is 14.1 Å². The van der Waals surface area contributed by atoms with Gasteiger partial charge in [0.25, 0.3) is 0 Å². The number of anilines is 1. The summed E-state index contributed by atoms with van der Waals surface area (Å²) in [7, 11) is 5.88. The summed E-state index contributed by atoms with van der Waals surface area (Å²) in [6.07, 6.45) is 6.51. The van der Waals surface area contributed by atoms with Gasteiger partial charge in [-0.2, -0.15) is 0 Å². The van der Waals surface area contributed by atoms with Gasteiger partial charge in [0, 0.05) is 46.5 Å². The number of hydrogen-bond donors (Lipinski definition) is 2. The number of halogens is 1. The first-order chi connectivity index (χ1) is 13.9. The molecule has 0 atom stereocenters. The van der Waals surface area contributed by atoms with Crippen molar-refractivity contribution in [2.45, 2.75) is 52.0 Å². The minimum Gasteiger partial charge on any atom is -0.374 e. The van der Waals surface area contributed by atoms with Crippen LogP contribution in [-0.4, -0.2) is 57.5 Å². The second kappa shape index (κ2) is 11.2. The molecule has 0 spiro atoms. The minimum atomic E-state index is -0.296. The van der Waals surface area contributed by atoms with Crippen LogP contribution in [0, 0.1) is 5.41 Å². The standard InChI is InChI=1S/C23H37N5O.HI/c1-5-24-22(26-17-23(12-6-7-13-23)21(29)27(2)3)25-16-18-10-11-20-19(15-18)9-8-14-28(20)4;/h10-11,15H,5-9,12-14,16-17H2,1-4H3,(H2,24,25,26);1H. The summed E-state index contributed by atoms with van der Waals surface area (Å²) >= 11 is 0. The summed E-state index contributed by atoms with van der Waals surface area (Å²) in [5, 5.41) is 6.80. The Bertz CT molecular complexity index is 743. The summed E-state index contributed by atoms with van der Waals surface area (Å²) in [6.45, 7) is 5.29. The molecule has 6 nitrogen and oxygen atoms in total. The highest BCUT2D eigenvalue weighted by molar-refractivity contribution is 14.0. The number of benzene rings is 1. The number of carbonyl (C=O) groups excluding carboxylic acids is 1. The zero-order chi connectivity index (χ0) is 20.9. The molecule has 1 aliphatic carbocycles. The maximum Gasteiger partial charge on any atom is 0.230 e. The zero-order valence-corrected chi connectivity index (χ0v) is 21.3. The predicted octanol–water partition coefficient (Wildman–Crippen LogP) is 3.39. The van der Waals surface area contributed by atoms with E-state index in [0.717, 1.165) is 51.2 Å². The van der Waals surface area contributed by atoms with Crippen LogP contribution in [0.25, 0.3) is 0 Å². The van der Waals surface area contributed by atoms with Crippen LogP contribution in [0.2, 0.25) is 0 Å². The second-order valence-corrected chi connectivity index (χ2v) is 8.72. The molecule has 0 saturated heterocycles. The first-order valence-corrected chi connectivity index (χ1v) is 11.0. The van der Waals surface area contributed by atoms with Crippen molar-refractivity contribution in [3.63, 3.8) is 0 Å². The van der Waals surface area contributed by atoms with Crippen molar-refractivity contribution in [3.8, 4) is 0 Å². The highest BCUT2D eigenvalue weighted by Gasteiger charge is 2.42. The Balaban J connectivity index is 0.00000320. The van der Waals surface area contributed by atoms with E-state index < -0.39 is 0 Å². The summed E-state index contributed by atoms with van der Waals surface area (Å²) in [4.78, 5) is 21.7. The van der Waals surface area contributed by atoms with Gasteiger partial charge in [0.05, 0.1) is 12.0 Å². The van der Waals surface area contributed by atoms with Crippen molar-refractivity contribution in [1.82, 2.24) is 15.5 Å². The molecule has 2 aliphatic rings. The Labute approximate surface area is 198 Å². The van der Waals surface area contributed by atoms with Gasteiger partial charge in [-0.05, 0) is 49.8 Å². The topological polar surface area (TPSA) is 60.0 Å². The number of guanidine groups is 1. The highest BCUT2D eigenvalue weighted by atomic mass is 127. The molecule has 30 heavy (non-hydrogen) atoms. The SMILES string of the molecule is CCNC(=NCc1ccc2c(c1)CCCN2C)NCC1(C(=O)N(C)C)CCCC1.I. The Morgan fingerprint density at radius 1 is 1.20 bits per heavy atom. The lowest BCUT2D eigenvalue weighted by Crippen LogP contribution is -2.49. The molecule has 0 aromatic heterocycles. The number of amides is 1. The molecule has 3 rings (SSSR count). The number of nitrogens with one attached hydrogen (secondary N) is 2. The van der Waals surface area contributed by atoms with Gasteiger partial charge in [-0.1, -0.05) is 25.0 Å². The van der Waals surface area contributed by atoms with Gasteiger partial charge in [-0.3, -0.25) is 4.79 Å². The van der Waals surface area contributed by atoms with Crippen LogP contribution in [0.5, 0.6) is 0 Å². The first kappa shape index (κ1) is 24.8. The molecule has 1 saturated carbocycles. The van der Waals surface area contributed by atoms with Crippen LogP contribution >= 0.6 is 24.0 Å². The minimum absolute atomic E-state index is 0. The number of fused-ring (bicyclic) bond motifs is 1. The molecule has 0 bridgehead atoms. The maximum atomic E-state index is 12.8. The number of nitrogens with zero attached hydrogens (tertiary/aromatic N) is 3. The van der Waals surface area contributed by atoms with Crippen LogP contribution < -0.4 is 15.5 Å². The van der Waals surface area contributed by atoms with Crippen molar-refractivity contribution < 1.29 is 4.79 Å². The predicted molar refractivity (Wildman–Crippen MR) is 136 cm³/mol. The lowest BCUT2D eigenvalue weighted by Gasteiger charge is -2.31. The highest BCUT2D eigenvalue weighted by Crippen LogP contribution is 2.38. The van der Waals surface area contributed by atoms with E-state index in [1.54, 1.807) is 4.90 Å². The van der Waals surface area contributed by atoms with Crippen LogP contribution in [0.4, 0.5) is 5.69 Å². The van der Waals surface area contributed by atoms with Crippen molar-refractivity contribution >= 4 is 41.5 Å². The van der Waals surface area contributed by atoms with Crippen LogP contribution in [0.15, 0.2) is 23.2 Å². The third kappa shape index (κ3) is 5.80. The number of hydrogen-bond acceptors (Lipinski definition) is 3. The molecule has 1 fully saturated rings. The Hall–Kier alpha value is -1.51. The average molecular weight is 527 g/mol. The summed E-state index contributed by atoms with van der Waals surface area (Å²) in [5.41, 5.74) is 3.71. The smallest absolute Gasteiger partial charge is 0.230 e. The fraction of sp³-hybridized carbons (Fsp3) is 0.652. The Morgan fingerprint density at radius 2 is 1.93 bits per heavy atom. The molecule has 168 valence electrons. The summed E-state index contributed by atoms with van der Waals surface area (Å²) in [6, 6.07) is 6.71. The van der Waals surface area contributed by atoms with Crippen molar-refractivity contribution in [2.75, 3.05) is 45.7 Å². The largest absolute Gasteiger partial charge is 0.374 e. The van der Waals surface area contributed by atoms with Gasteiger partial charge in [0.15, 0.2) is 5.96 Å². The summed E-state index contributed by atoms with van der Waals surface area (Å²) in [5.74, 6) is 1.03. The molecule has 1 heterocycles. The molecular weight excluding hydrogens is 489 g/mol. The molecule has 7 heteroatoms. The maximum absolute atomic E-state index is 12.8. The Kier molecular flexibility index (Phi) is 9.25. The van der Waals surface area contributed by atoms with E-state index in [4.69, 9.17) is 4.99 Å².